The van der Waals surface area contributed by atoms with Gasteiger partial charge in [-0.2, -0.15) is 5.10 Å². The first-order valence-electron chi connectivity index (χ1n) is 6.73. The van der Waals surface area contributed by atoms with Crippen LogP contribution in [0.5, 0.6) is 0 Å². The van der Waals surface area contributed by atoms with Crippen LogP contribution in [0.1, 0.15) is 37.0 Å². The maximum Gasteiger partial charge on any atom is 0.327 e. The van der Waals surface area contributed by atoms with Crippen molar-refractivity contribution in [3.05, 3.63) is 17.5 Å². The molecule has 0 radical (unpaired) electrons. The summed E-state index contributed by atoms with van der Waals surface area (Å²) in [5.41, 5.74) is 1.33. The van der Waals surface area contributed by atoms with E-state index in [1.165, 1.54) is 16.7 Å². The van der Waals surface area contributed by atoms with Crippen LogP contribution in [0, 0.1) is 0 Å². The number of carboxylic acid groups (broad SMARTS) is 1. The summed E-state index contributed by atoms with van der Waals surface area (Å²) in [6.45, 7) is 6.35. The first-order chi connectivity index (χ1) is 9.49. The van der Waals surface area contributed by atoms with Crippen molar-refractivity contribution < 1.29 is 14.7 Å². The third-order valence-corrected chi connectivity index (χ3v) is 4.67. The molecule has 0 aliphatic carbocycles. The van der Waals surface area contributed by atoms with E-state index in [0.29, 0.717) is 18.0 Å². The van der Waals surface area contributed by atoms with Gasteiger partial charge in [0.2, 0.25) is 0 Å². The number of thioether (sulfide) groups is 1. The van der Waals surface area contributed by atoms with Crippen LogP contribution in [0.2, 0.25) is 0 Å². The summed E-state index contributed by atoms with van der Waals surface area (Å²) < 4.78 is 1.65. The molecule has 1 aromatic rings. The predicted molar refractivity (Wildman–Crippen MR) is 76.8 cm³/mol. The van der Waals surface area contributed by atoms with Crippen molar-refractivity contribution in [1.29, 1.82) is 0 Å². The lowest BCUT2D eigenvalue weighted by molar-refractivity contribution is -0.141. The van der Waals surface area contributed by atoms with Gasteiger partial charge >= 0.3 is 5.97 Å². The second-order valence-electron chi connectivity index (χ2n) is 4.69. The Kier molecular flexibility index (Phi) is 4.37. The topological polar surface area (TPSA) is 75.4 Å². The number of hydrogen-bond acceptors (Lipinski definition) is 4. The van der Waals surface area contributed by atoms with Crippen molar-refractivity contribution in [3.63, 3.8) is 0 Å². The third kappa shape index (κ3) is 2.54. The number of carbonyl (C=O) groups is 2. The highest BCUT2D eigenvalue weighted by molar-refractivity contribution is 8.00. The Bertz CT molecular complexity index is 529. The minimum atomic E-state index is -0.950. The summed E-state index contributed by atoms with van der Waals surface area (Å²) in [6, 6.07) is 1.01. The van der Waals surface area contributed by atoms with Crippen molar-refractivity contribution >= 4 is 23.6 Å². The van der Waals surface area contributed by atoms with E-state index >= 15 is 0 Å². The summed E-state index contributed by atoms with van der Waals surface area (Å²) in [7, 11) is 0. The Morgan fingerprint density at radius 3 is 2.75 bits per heavy atom. The van der Waals surface area contributed by atoms with Gasteiger partial charge in [0.15, 0.2) is 0 Å². The van der Waals surface area contributed by atoms with Gasteiger partial charge in [-0.15, -0.1) is 11.8 Å². The van der Waals surface area contributed by atoms with E-state index in [9.17, 15) is 14.7 Å². The summed E-state index contributed by atoms with van der Waals surface area (Å²) in [5.74, 6) is -0.763. The zero-order valence-electron chi connectivity index (χ0n) is 11.9. The number of nitrogens with zero attached hydrogens (tertiary/aromatic N) is 3. The van der Waals surface area contributed by atoms with Crippen molar-refractivity contribution in [1.82, 2.24) is 14.7 Å². The van der Waals surface area contributed by atoms with Gasteiger partial charge in [0.1, 0.15) is 11.7 Å². The quantitative estimate of drug-likeness (QED) is 0.910. The maximum atomic E-state index is 12.7. The zero-order valence-corrected chi connectivity index (χ0v) is 12.7. The Balaban J connectivity index is 2.34. The van der Waals surface area contributed by atoms with E-state index in [1.54, 1.807) is 10.7 Å². The minimum absolute atomic E-state index is 0.131. The Morgan fingerprint density at radius 1 is 1.50 bits per heavy atom. The second kappa shape index (κ2) is 5.87. The van der Waals surface area contributed by atoms with E-state index in [4.69, 9.17) is 0 Å². The molecule has 0 spiro atoms. The molecule has 1 aliphatic heterocycles. The molecular formula is C13H19N3O3S. The van der Waals surface area contributed by atoms with Crippen LogP contribution in [0.3, 0.4) is 0 Å². The molecule has 0 aromatic carbocycles. The summed E-state index contributed by atoms with van der Waals surface area (Å²) in [5, 5.41) is 13.5. The Morgan fingerprint density at radius 2 is 2.20 bits per heavy atom. The standard InChI is InChI=1S/C13H19N3O3S/c1-4-9-6-10(15(5-2)14-9)12(17)16-8(3)20-7-11(16)13(18)19/h6,8,11H,4-5,7H2,1-3H3,(H,18,19). The monoisotopic (exact) mass is 297 g/mol. The molecule has 2 atom stereocenters. The molecular weight excluding hydrogens is 278 g/mol. The molecule has 0 saturated carbocycles. The fraction of sp³-hybridized carbons (Fsp3) is 0.615. The van der Waals surface area contributed by atoms with Gasteiger partial charge in [0, 0.05) is 12.3 Å². The maximum absolute atomic E-state index is 12.7. The molecule has 1 fully saturated rings. The van der Waals surface area contributed by atoms with E-state index in [-0.39, 0.29) is 11.3 Å². The number of amides is 1. The van der Waals surface area contributed by atoms with Gasteiger partial charge in [0.25, 0.3) is 5.91 Å². The third-order valence-electron chi connectivity index (χ3n) is 3.45. The van der Waals surface area contributed by atoms with Gasteiger partial charge in [-0.05, 0) is 26.3 Å². The molecule has 1 N–H and O–H groups in total. The van der Waals surface area contributed by atoms with Crippen LogP contribution >= 0.6 is 11.8 Å². The average Bonchev–Trinajstić information content (AvgIpc) is 3.01. The van der Waals surface area contributed by atoms with Gasteiger partial charge < -0.3 is 10.0 Å². The first kappa shape index (κ1) is 14.9. The van der Waals surface area contributed by atoms with Crippen LogP contribution in [0.25, 0.3) is 0 Å². The van der Waals surface area contributed by atoms with E-state index in [2.05, 4.69) is 5.10 Å². The minimum Gasteiger partial charge on any atom is -0.480 e. The van der Waals surface area contributed by atoms with Gasteiger partial charge in [-0.25, -0.2) is 4.79 Å². The lowest BCUT2D eigenvalue weighted by atomic mass is 10.2. The van der Waals surface area contributed by atoms with Crippen molar-refractivity contribution in [3.8, 4) is 0 Å². The number of aromatic nitrogens is 2. The van der Waals surface area contributed by atoms with Crippen molar-refractivity contribution in [2.75, 3.05) is 5.75 Å². The SMILES string of the molecule is CCc1cc(C(=O)N2C(C)SCC2C(=O)O)n(CC)n1. The highest BCUT2D eigenvalue weighted by Crippen LogP contribution is 2.30. The summed E-state index contributed by atoms with van der Waals surface area (Å²) in [4.78, 5) is 25.4. The van der Waals surface area contributed by atoms with Crippen LogP contribution < -0.4 is 0 Å². The molecule has 6 nitrogen and oxygen atoms in total. The number of aliphatic carboxylic acids is 1. The molecule has 20 heavy (non-hydrogen) atoms. The molecule has 2 rings (SSSR count). The molecule has 1 aliphatic rings. The summed E-state index contributed by atoms with van der Waals surface area (Å²) >= 11 is 1.49. The molecule has 2 unspecified atom stereocenters. The fourth-order valence-corrected chi connectivity index (χ4v) is 3.50. The van der Waals surface area contributed by atoms with E-state index in [1.807, 2.05) is 20.8 Å². The highest BCUT2D eigenvalue weighted by Gasteiger charge is 2.40. The van der Waals surface area contributed by atoms with Gasteiger partial charge in [0.05, 0.1) is 11.1 Å². The van der Waals surface area contributed by atoms with Crippen LogP contribution in [-0.4, -0.2) is 48.8 Å². The molecule has 1 amide bonds. The Labute approximate surface area is 122 Å². The van der Waals surface area contributed by atoms with Crippen LogP contribution in [-0.2, 0) is 17.8 Å². The predicted octanol–water partition coefficient (Wildman–Crippen LogP) is 1.45. The zero-order chi connectivity index (χ0) is 14.9. The first-order valence-corrected chi connectivity index (χ1v) is 7.78. The average molecular weight is 297 g/mol. The van der Waals surface area contributed by atoms with Gasteiger partial charge in [-0.3, -0.25) is 9.48 Å². The number of aryl methyl sites for hydroxylation is 2. The smallest absolute Gasteiger partial charge is 0.327 e. The van der Waals surface area contributed by atoms with Crippen molar-refractivity contribution in [2.24, 2.45) is 0 Å². The van der Waals surface area contributed by atoms with Crippen LogP contribution in [0.4, 0.5) is 0 Å². The van der Waals surface area contributed by atoms with E-state index < -0.39 is 12.0 Å². The van der Waals surface area contributed by atoms with Crippen molar-refractivity contribution in [2.45, 2.75) is 45.2 Å². The number of rotatable bonds is 4. The molecule has 2 heterocycles. The largest absolute Gasteiger partial charge is 0.480 e. The molecule has 1 saturated heterocycles. The van der Waals surface area contributed by atoms with Crippen LogP contribution in [0.15, 0.2) is 6.07 Å². The molecule has 7 heteroatoms. The lowest BCUT2D eigenvalue weighted by Gasteiger charge is -2.25. The number of carboxylic acids is 1. The molecule has 110 valence electrons. The van der Waals surface area contributed by atoms with E-state index in [0.717, 1.165) is 12.1 Å². The number of hydrogen-bond donors (Lipinski definition) is 1. The highest BCUT2D eigenvalue weighted by atomic mass is 32.2. The number of carbonyl (C=O) groups excluding carboxylic acids is 1. The second-order valence-corrected chi connectivity index (χ2v) is 6.04. The fourth-order valence-electron chi connectivity index (χ4n) is 2.33. The molecule has 1 aromatic heterocycles. The lowest BCUT2D eigenvalue weighted by Crippen LogP contribution is -2.45. The van der Waals surface area contributed by atoms with Gasteiger partial charge in [-0.1, -0.05) is 6.92 Å². The Hall–Kier alpha value is -1.50. The normalized spacial score (nSPS) is 22.2. The molecule has 0 bridgehead atoms. The summed E-state index contributed by atoms with van der Waals surface area (Å²) in [6.07, 6.45) is 0.750.